The maximum Gasteiger partial charge on any atom is 0.340 e. The van der Waals surface area contributed by atoms with Crippen molar-refractivity contribution < 1.29 is 31.9 Å². The van der Waals surface area contributed by atoms with Gasteiger partial charge in [-0.15, -0.1) is 11.3 Å². The summed E-state index contributed by atoms with van der Waals surface area (Å²) in [6.07, 6.45) is -1.01. The quantitative estimate of drug-likeness (QED) is 0.248. The molecule has 0 amide bonds. The number of rotatable bonds is 9. The Morgan fingerprint density at radius 3 is 2.66 bits per heavy atom. The predicted molar refractivity (Wildman–Crippen MR) is 119 cm³/mol. The number of fused-ring (bicyclic) bond motifs is 1. The fourth-order valence-corrected chi connectivity index (χ4v) is 6.37. The van der Waals surface area contributed by atoms with Gasteiger partial charge >= 0.3 is 7.60 Å². The summed E-state index contributed by atoms with van der Waals surface area (Å²) in [7, 11) is -8.68. The number of nitriles is 1. The molecule has 2 aromatic carbocycles. The van der Waals surface area contributed by atoms with E-state index in [-0.39, 0.29) is 21.4 Å². The van der Waals surface area contributed by atoms with Crippen LogP contribution in [0.15, 0.2) is 40.6 Å². The monoisotopic (exact) mass is 519 g/mol. The van der Waals surface area contributed by atoms with E-state index in [2.05, 4.69) is 5.32 Å². The van der Waals surface area contributed by atoms with Gasteiger partial charge in [0.15, 0.2) is 0 Å². The molecule has 170 valence electrons. The maximum absolute atomic E-state index is 13.6. The van der Waals surface area contributed by atoms with Crippen molar-refractivity contribution in [2.45, 2.75) is 4.21 Å². The molecule has 0 aliphatic rings. The Kier molecular flexibility index (Phi) is 7.42. The Bertz CT molecular complexity index is 1350. The molecule has 0 saturated heterocycles. The summed E-state index contributed by atoms with van der Waals surface area (Å²) in [6.45, 7) is 0.460. The molecule has 0 aliphatic heterocycles. The van der Waals surface area contributed by atoms with Gasteiger partial charge in [0, 0.05) is 22.3 Å². The first-order valence-corrected chi connectivity index (χ1v) is 13.3. The molecular formula is C18H16ClFN3O6PS2. The highest BCUT2D eigenvalue weighted by atomic mass is 35.5. The standard InChI is InChI=1S/C18H16ClFN3O6PS2/c19-18-13-8-17(32(27,28)23-10-30(24,25)26)31-16(13)4-3-15(18)29-6-5-22-12-2-1-11(9-21)14(20)7-12/h1-4,7-8,22-23H,5-6,10H2,(H2,24,25,26). The first kappa shape index (κ1) is 24.4. The molecule has 0 saturated carbocycles. The summed E-state index contributed by atoms with van der Waals surface area (Å²) in [4.78, 5) is 17.7. The molecule has 3 aromatic rings. The number of sulfonamides is 1. The van der Waals surface area contributed by atoms with Crippen LogP contribution in [0.25, 0.3) is 10.1 Å². The van der Waals surface area contributed by atoms with Gasteiger partial charge in [-0.1, -0.05) is 11.6 Å². The summed E-state index contributed by atoms with van der Waals surface area (Å²) in [5, 5.41) is 12.3. The molecule has 0 fully saturated rings. The fraction of sp³-hybridized carbons (Fsp3) is 0.167. The van der Waals surface area contributed by atoms with E-state index in [9.17, 15) is 17.4 Å². The second-order valence-corrected chi connectivity index (χ2v) is 11.5. The minimum Gasteiger partial charge on any atom is -0.490 e. The van der Waals surface area contributed by atoms with Crippen LogP contribution in [-0.4, -0.2) is 37.6 Å². The molecule has 1 heterocycles. The van der Waals surface area contributed by atoms with Crippen LogP contribution in [0.2, 0.25) is 5.02 Å². The van der Waals surface area contributed by atoms with E-state index < -0.39 is 29.7 Å². The Balaban J connectivity index is 1.67. The highest BCUT2D eigenvalue weighted by molar-refractivity contribution is 7.92. The van der Waals surface area contributed by atoms with Crippen LogP contribution < -0.4 is 14.8 Å². The number of halogens is 2. The number of hydrogen-bond acceptors (Lipinski definition) is 7. The average Bonchev–Trinajstić information content (AvgIpc) is 3.17. The fourth-order valence-electron chi connectivity index (χ4n) is 2.59. The minimum atomic E-state index is -4.55. The SMILES string of the molecule is N#Cc1ccc(NCCOc2ccc3sc(S(=O)(=O)NCP(=O)(O)O)cc3c2Cl)cc1F. The van der Waals surface area contributed by atoms with Crippen molar-refractivity contribution in [2.24, 2.45) is 0 Å². The van der Waals surface area contributed by atoms with Crippen LogP contribution in [0, 0.1) is 17.1 Å². The van der Waals surface area contributed by atoms with Gasteiger partial charge in [0.05, 0.1) is 10.6 Å². The van der Waals surface area contributed by atoms with Gasteiger partial charge in [-0.25, -0.2) is 12.8 Å². The van der Waals surface area contributed by atoms with Crippen molar-refractivity contribution in [1.29, 1.82) is 5.26 Å². The zero-order valence-corrected chi connectivity index (χ0v) is 19.4. The summed E-state index contributed by atoms with van der Waals surface area (Å²) in [5.74, 6) is -0.331. The molecule has 0 spiro atoms. The second-order valence-electron chi connectivity index (χ2n) is 6.41. The Labute approximate surface area is 191 Å². The van der Waals surface area contributed by atoms with Gasteiger partial charge in [-0.05, 0) is 36.4 Å². The number of benzene rings is 2. The Hall–Kier alpha value is -2.23. The predicted octanol–water partition coefficient (Wildman–Crippen LogP) is 3.47. The van der Waals surface area contributed by atoms with E-state index in [4.69, 9.17) is 31.4 Å². The van der Waals surface area contributed by atoms with Crippen molar-refractivity contribution in [1.82, 2.24) is 4.72 Å². The molecule has 1 aromatic heterocycles. The number of thiophene rings is 1. The van der Waals surface area contributed by atoms with E-state index in [0.717, 1.165) is 11.3 Å². The maximum atomic E-state index is 13.6. The number of nitrogens with one attached hydrogen (secondary N) is 2. The molecule has 0 radical (unpaired) electrons. The summed E-state index contributed by atoms with van der Waals surface area (Å²) in [6, 6.07) is 10.4. The van der Waals surface area contributed by atoms with Crippen molar-refractivity contribution in [3.05, 3.63) is 52.8 Å². The molecule has 3 rings (SSSR count). The lowest BCUT2D eigenvalue weighted by Gasteiger charge is -2.10. The molecule has 0 bridgehead atoms. The first-order valence-electron chi connectivity index (χ1n) is 8.83. The number of anilines is 1. The summed E-state index contributed by atoms with van der Waals surface area (Å²) >= 11 is 7.24. The van der Waals surface area contributed by atoms with Gasteiger partial charge in [0.25, 0.3) is 10.0 Å². The van der Waals surface area contributed by atoms with Gasteiger partial charge in [0.2, 0.25) is 0 Å². The molecular weight excluding hydrogens is 504 g/mol. The summed E-state index contributed by atoms with van der Waals surface area (Å²) in [5.41, 5.74) is 0.420. The zero-order chi connectivity index (χ0) is 23.5. The van der Waals surface area contributed by atoms with Crippen LogP contribution in [0.3, 0.4) is 0 Å². The van der Waals surface area contributed by atoms with Gasteiger partial charge in [-0.2, -0.15) is 9.98 Å². The van der Waals surface area contributed by atoms with E-state index in [0.29, 0.717) is 28.1 Å². The lowest BCUT2D eigenvalue weighted by atomic mass is 10.2. The minimum absolute atomic E-state index is 0.0547. The molecule has 9 nitrogen and oxygen atoms in total. The lowest BCUT2D eigenvalue weighted by Crippen LogP contribution is -2.23. The van der Waals surface area contributed by atoms with E-state index in [1.165, 1.54) is 18.2 Å². The van der Waals surface area contributed by atoms with Crippen LogP contribution in [-0.2, 0) is 14.6 Å². The van der Waals surface area contributed by atoms with E-state index in [1.54, 1.807) is 24.3 Å². The van der Waals surface area contributed by atoms with Gasteiger partial charge in [-0.3, -0.25) is 4.57 Å². The Morgan fingerprint density at radius 1 is 1.25 bits per heavy atom. The first-order chi connectivity index (χ1) is 15.0. The van der Waals surface area contributed by atoms with Crippen LogP contribution in [0.5, 0.6) is 5.75 Å². The second kappa shape index (κ2) is 9.72. The lowest BCUT2D eigenvalue weighted by molar-refractivity contribution is 0.333. The van der Waals surface area contributed by atoms with Crippen molar-refractivity contribution in [2.75, 3.05) is 24.8 Å². The molecule has 14 heteroatoms. The Morgan fingerprint density at radius 2 is 2.00 bits per heavy atom. The third-order valence-electron chi connectivity index (χ3n) is 4.08. The molecule has 0 atom stereocenters. The van der Waals surface area contributed by atoms with Crippen LogP contribution in [0.4, 0.5) is 10.1 Å². The third kappa shape index (κ3) is 5.96. The van der Waals surface area contributed by atoms with Gasteiger partial charge in [0.1, 0.15) is 34.7 Å². The van der Waals surface area contributed by atoms with Crippen molar-refractivity contribution in [3.63, 3.8) is 0 Å². The van der Waals surface area contributed by atoms with Crippen LogP contribution >= 0.6 is 30.5 Å². The average molecular weight is 520 g/mol. The highest BCUT2D eigenvalue weighted by Gasteiger charge is 2.23. The zero-order valence-electron chi connectivity index (χ0n) is 16.1. The van der Waals surface area contributed by atoms with Gasteiger partial charge < -0.3 is 19.8 Å². The smallest absolute Gasteiger partial charge is 0.340 e. The van der Waals surface area contributed by atoms with Crippen molar-refractivity contribution in [3.8, 4) is 11.8 Å². The van der Waals surface area contributed by atoms with E-state index in [1.807, 2.05) is 4.72 Å². The number of nitrogens with zero attached hydrogens (tertiary/aromatic N) is 1. The number of ether oxygens (including phenoxy) is 1. The topological polar surface area (TPSA) is 149 Å². The molecule has 32 heavy (non-hydrogen) atoms. The highest BCUT2D eigenvalue weighted by Crippen LogP contribution is 2.39. The van der Waals surface area contributed by atoms with Crippen molar-refractivity contribution >= 4 is 56.3 Å². The largest absolute Gasteiger partial charge is 0.490 e. The van der Waals surface area contributed by atoms with Crippen LogP contribution in [0.1, 0.15) is 5.56 Å². The molecule has 0 unspecified atom stereocenters. The third-order valence-corrected chi connectivity index (χ3v) is 8.23. The van der Waals surface area contributed by atoms with E-state index >= 15 is 0 Å². The number of hydrogen-bond donors (Lipinski definition) is 4. The molecule has 4 N–H and O–H groups in total. The molecule has 0 aliphatic carbocycles. The normalized spacial score (nSPS) is 12.0. The summed E-state index contributed by atoms with van der Waals surface area (Å²) < 4.78 is 57.0.